The summed E-state index contributed by atoms with van der Waals surface area (Å²) < 4.78 is 34.5. The number of carbonyl (C=O) groups is 2. The third-order valence-corrected chi connectivity index (χ3v) is 6.95. The van der Waals surface area contributed by atoms with Gasteiger partial charge in [0.25, 0.3) is 11.6 Å². The molecule has 0 spiro atoms. The van der Waals surface area contributed by atoms with Crippen LogP contribution >= 0.6 is 0 Å². The molecule has 11 heteroatoms. The highest BCUT2D eigenvalue weighted by Crippen LogP contribution is 2.38. The van der Waals surface area contributed by atoms with Crippen LogP contribution in [0.2, 0.25) is 0 Å². The normalized spacial score (nSPS) is 20.8. The van der Waals surface area contributed by atoms with Crippen LogP contribution in [0.4, 0.5) is 25.0 Å². The first kappa shape index (κ1) is 27.6. The molecule has 2 aliphatic rings. The van der Waals surface area contributed by atoms with Crippen molar-refractivity contribution in [1.29, 1.82) is 0 Å². The van der Waals surface area contributed by atoms with Gasteiger partial charge in [-0.1, -0.05) is 12.8 Å². The Morgan fingerprint density at radius 1 is 1.19 bits per heavy atom. The van der Waals surface area contributed by atoms with Gasteiger partial charge in [-0.05, 0) is 52.0 Å². The Balaban J connectivity index is 1.52. The molecule has 1 atom stereocenters. The second kappa shape index (κ2) is 11.0. The van der Waals surface area contributed by atoms with E-state index >= 15 is 0 Å². The molecular weight excluding hydrogens is 476 g/mol. The fourth-order valence-corrected chi connectivity index (χ4v) is 4.97. The Bertz CT molecular complexity index is 973. The number of carboxylic acids is 1. The van der Waals surface area contributed by atoms with Gasteiger partial charge in [0.15, 0.2) is 0 Å². The highest BCUT2D eigenvalue weighted by Gasteiger charge is 2.45. The van der Waals surface area contributed by atoms with E-state index < -0.39 is 34.4 Å². The average Bonchev–Trinajstić information content (AvgIpc) is 2.78. The van der Waals surface area contributed by atoms with Crippen molar-refractivity contribution in [2.24, 2.45) is 11.8 Å². The molecule has 1 unspecified atom stereocenters. The largest absolute Gasteiger partial charge is 0.478 e. The van der Waals surface area contributed by atoms with Crippen molar-refractivity contribution in [1.82, 2.24) is 4.90 Å². The minimum Gasteiger partial charge on any atom is -0.478 e. The molecule has 2 fully saturated rings. The minimum absolute atomic E-state index is 0.0210. The Morgan fingerprint density at radius 3 is 2.44 bits per heavy atom. The molecule has 0 radical (unpaired) electrons. The third kappa shape index (κ3) is 7.04. The van der Waals surface area contributed by atoms with Crippen LogP contribution in [0, 0.1) is 22.0 Å². The van der Waals surface area contributed by atoms with E-state index in [4.69, 9.17) is 4.74 Å². The van der Waals surface area contributed by atoms with Crippen molar-refractivity contribution >= 4 is 23.4 Å². The number of piperidine rings is 2. The first-order chi connectivity index (χ1) is 16.8. The maximum atomic E-state index is 14.6. The molecule has 1 N–H and O–H groups in total. The summed E-state index contributed by atoms with van der Waals surface area (Å²) in [5.41, 5.74) is -0.490. The number of alkyl halides is 2. The maximum Gasteiger partial charge on any atom is 0.410 e. The summed E-state index contributed by atoms with van der Waals surface area (Å²) in [4.78, 5) is 37.8. The van der Waals surface area contributed by atoms with Crippen molar-refractivity contribution < 1.29 is 33.1 Å². The summed E-state index contributed by atoms with van der Waals surface area (Å²) in [7, 11) is 0. The lowest BCUT2D eigenvalue weighted by molar-refractivity contribution is -0.384. The fraction of sp³-hybridized carbons (Fsp3) is 0.680. The van der Waals surface area contributed by atoms with Crippen LogP contribution in [0.5, 0.6) is 0 Å². The highest BCUT2D eigenvalue weighted by molar-refractivity contribution is 5.95. The molecule has 1 aromatic carbocycles. The number of anilines is 1. The van der Waals surface area contributed by atoms with Gasteiger partial charge < -0.3 is 19.6 Å². The van der Waals surface area contributed by atoms with Crippen molar-refractivity contribution in [3.63, 3.8) is 0 Å². The summed E-state index contributed by atoms with van der Waals surface area (Å²) in [5, 5.41) is 20.6. The van der Waals surface area contributed by atoms with Crippen molar-refractivity contribution in [3.05, 3.63) is 33.9 Å². The number of hydrogen-bond acceptors (Lipinski definition) is 6. The Kier molecular flexibility index (Phi) is 8.40. The molecule has 0 saturated carbocycles. The number of benzene rings is 1. The zero-order valence-corrected chi connectivity index (χ0v) is 21.0. The van der Waals surface area contributed by atoms with Gasteiger partial charge in [0.05, 0.1) is 16.2 Å². The molecule has 0 bridgehead atoms. The number of amides is 1. The van der Waals surface area contributed by atoms with E-state index in [0.717, 1.165) is 19.3 Å². The lowest BCUT2D eigenvalue weighted by atomic mass is 9.85. The fourth-order valence-electron chi connectivity index (χ4n) is 4.97. The molecule has 36 heavy (non-hydrogen) atoms. The van der Waals surface area contributed by atoms with E-state index in [1.165, 1.54) is 23.1 Å². The van der Waals surface area contributed by atoms with Gasteiger partial charge in [0, 0.05) is 50.7 Å². The predicted octanol–water partition coefficient (Wildman–Crippen LogP) is 5.57. The van der Waals surface area contributed by atoms with Crippen molar-refractivity contribution in [2.75, 3.05) is 31.1 Å². The lowest BCUT2D eigenvalue weighted by Gasteiger charge is -2.39. The maximum absolute atomic E-state index is 14.6. The minimum atomic E-state index is -2.82. The first-order valence-corrected chi connectivity index (χ1v) is 12.4. The molecule has 2 aliphatic heterocycles. The van der Waals surface area contributed by atoms with E-state index in [2.05, 4.69) is 0 Å². The van der Waals surface area contributed by atoms with E-state index in [1.807, 2.05) is 4.90 Å². The second-order valence-corrected chi connectivity index (χ2v) is 10.8. The lowest BCUT2D eigenvalue weighted by Crippen LogP contribution is -2.50. The summed E-state index contributed by atoms with van der Waals surface area (Å²) in [6.07, 6.45) is 2.22. The molecule has 0 aromatic heterocycles. The van der Waals surface area contributed by atoms with Gasteiger partial charge in [0.1, 0.15) is 5.60 Å². The van der Waals surface area contributed by atoms with Crippen LogP contribution in [-0.4, -0.2) is 64.7 Å². The monoisotopic (exact) mass is 511 g/mol. The summed E-state index contributed by atoms with van der Waals surface area (Å²) in [5.74, 6) is -4.58. The topological polar surface area (TPSA) is 113 Å². The number of nitrogens with zero attached hydrogens (tertiary/aromatic N) is 3. The second-order valence-electron chi connectivity index (χ2n) is 10.8. The van der Waals surface area contributed by atoms with Gasteiger partial charge in [-0.25, -0.2) is 18.4 Å². The highest BCUT2D eigenvalue weighted by atomic mass is 19.3. The van der Waals surface area contributed by atoms with Crippen LogP contribution < -0.4 is 4.90 Å². The van der Waals surface area contributed by atoms with Gasteiger partial charge in [-0.2, -0.15) is 0 Å². The molecule has 0 aliphatic carbocycles. The molecule has 3 rings (SSSR count). The number of hydrogen-bond donors (Lipinski definition) is 1. The van der Waals surface area contributed by atoms with E-state index in [-0.39, 0.29) is 30.8 Å². The smallest absolute Gasteiger partial charge is 0.410 e. The molecule has 2 saturated heterocycles. The zero-order chi connectivity index (χ0) is 26.7. The standard InChI is InChI=1S/C25H35F2N3O6/c1-24(2,3)36-23(33)29-14-11-25(26,27)18(16-29)6-4-5-17-9-12-28(13-10-17)21-15-19(30(34)35)7-8-20(21)22(31)32/h7-8,15,17-18H,4-6,9-14,16H2,1-3H3,(H,31,32). The van der Waals surface area contributed by atoms with Gasteiger partial charge >= 0.3 is 12.1 Å². The SMILES string of the molecule is CC(C)(C)OC(=O)N1CCC(F)(F)C(CCCC2CCN(c3cc([N+](=O)[O-])ccc3C(=O)O)CC2)C1. The van der Waals surface area contributed by atoms with Crippen LogP contribution in [0.25, 0.3) is 0 Å². The summed E-state index contributed by atoms with van der Waals surface area (Å²) in [6.45, 7) is 6.27. The van der Waals surface area contributed by atoms with E-state index in [0.29, 0.717) is 37.5 Å². The number of halogens is 2. The van der Waals surface area contributed by atoms with Crippen LogP contribution in [0.15, 0.2) is 18.2 Å². The number of non-ortho nitro benzene ring substituents is 1. The van der Waals surface area contributed by atoms with E-state index in [9.17, 15) is 33.6 Å². The average molecular weight is 512 g/mol. The van der Waals surface area contributed by atoms with Gasteiger partial charge in [0.2, 0.25) is 0 Å². The third-order valence-electron chi connectivity index (χ3n) is 6.95. The molecule has 200 valence electrons. The molecule has 2 heterocycles. The number of likely N-dealkylation sites (tertiary alicyclic amines) is 1. The van der Waals surface area contributed by atoms with Gasteiger partial charge in [-0.3, -0.25) is 10.1 Å². The number of aromatic carboxylic acids is 1. The van der Waals surface area contributed by atoms with Crippen molar-refractivity contribution in [2.45, 2.75) is 70.8 Å². The number of nitro benzene ring substituents is 1. The van der Waals surface area contributed by atoms with Crippen LogP contribution in [0.3, 0.4) is 0 Å². The number of carbonyl (C=O) groups excluding carboxylic acids is 1. The number of nitro groups is 1. The Hall–Kier alpha value is -2.98. The Labute approximate surface area is 209 Å². The number of rotatable bonds is 7. The summed E-state index contributed by atoms with van der Waals surface area (Å²) >= 11 is 0. The predicted molar refractivity (Wildman–Crippen MR) is 130 cm³/mol. The molecular formula is C25H35F2N3O6. The molecule has 9 nitrogen and oxygen atoms in total. The Morgan fingerprint density at radius 2 is 1.86 bits per heavy atom. The van der Waals surface area contributed by atoms with E-state index in [1.54, 1.807) is 20.8 Å². The summed E-state index contributed by atoms with van der Waals surface area (Å²) in [6, 6.07) is 3.74. The van der Waals surface area contributed by atoms with Crippen LogP contribution in [0.1, 0.15) is 69.7 Å². The van der Waals surface area contributed by atoms with Crippen molar-refractivity contribution in [3.8, 4) is 0 Å². The first-order valence-electron chi connectivity index (χ1n) is 12.4. The number of ether oxygens (including phenoxy) is 1. The number of carboxylic acid groups (broad SMARTS) is 1. The molecule has 1 aromatic rings. The van der Waals surface area contributed by atoms with Gasteiger partial charge in [-0.15, -0.1) is 0 Å². The zero-order valence-electron chi connectivity index (χ0n) is 21.0. The van der Waals surface area contributed by atoms with Crippen LogP contribution in [-0.2, 0) is 4.74 Å². The quantitative estimate of drug-likeness (QED) is 0.376. The molecule has 1 amide bonds.